The zero-order valence-electron chi connectivity index (χ0n) is 12.6. The molecular formula is C17H32N2. The lowest BCUT2D eigenvalue weighted by Crippen LogP contribution is -2.54. The van der Waals surface area contributed by atoms with Crippen molar-refractivity contribution in [3.05, 3.63) is 0 Å². The lowest BCUT2D eigenvalue weighted by Gasteiger charge is -2.44. The molecule has 2 heterocycles. The summed E-state index contributed by atoms with van der Waals surface area (Å²) < 4.78 is 0. The third-order valence-electron chi connectivity index (χ3n) is 5.70. The molecule has 2 nitrogen and oxygen atoms in total. The number of hydrogen-bond acceptors (Lipinski definition) is 2. The molecule has 1 N–H and O–H groups in total. The summed E-state index contributed by atoms with van der Waals surface area (Å²) in [5.41, 5.74) is 0. The van der Waals surface area contributed by atoms with Gasteiger partial charge in [-0.2, -0.15) is 0 Å². The van der Waals surface area contributed by atoms with E-state index in [0.717, 1.165) is 18.1 Å². The van der Waals surface area contributed by atoms with Crippen LogP contribution in [0.1, 0.15) is 77.0 Å². The van der Waals surface area contributed by atoms with Crippen molar-refractivity contribution >= 4 is 0 Å². The van der Waals surface area contributed by atoms with Crippen molar-refractivity contribution in [2.24, 2.45) is 0 Å². The maximum Gasteiger partial charge on any atom is 0.0252 e. The van der Waals surface area contributed by atoms with Crippen LogP contribution in [-0.2, 0) is 0 Å². The summed E-state index contributed by atoms with van der Waals surface area (Å²) in [5.74, 6) is 0. The number of likely N-dealkylation sites (tertiary alicyclic amines) is 1. The number of hydrogen-bond donors (Lipinski definition) is 1. The largest absolute Gasteiger partial charge is 0.312 e. The van der Waals surface area contributed by atoms with Gasteiger partial charge in [0, 0.05) is 18.1 Å². The predicted octanol–water partition coefficient (Wildman–Crippen LogP) is 3.71. The molecule has 2 atom stereocenters. The molecule has 3 fully saturated rings. The van der Waals surface area contributed by atoms with Gasteiger partial charge in [0.15, 0.2) is 0 Å². The fourth-order valence-corrected chi connectivity index (χ4v) is 4.67. The SMILES string of the molecule is C1CCCC(N2CCCCC2C2CCCN2)CCC1. The van der Waals surface area contributed by atoms with Gasteiger partial charge in [-0.1, -0.05) is 38.5 Å². The van der Waals surface area contributed by atoms with E-state index in [-0.39, 0.29) is 0 Å². The van der Waals surface area contributed by atoms with Crippen LogP contribution < -0.4 is 5.32 Å². The Morgan fingerprint density at radius 3 is 2.16 bits per heavy atom. The highest BCUT2D eigenvalue weighted by Crippen LogP contribution is 2.30. The van der Waals surface area contributed by atoms with Crippen molar-refractivity contribution in [2.45, 2.75) is 95.2 Å². The number of nitrogens with zero attached hydrogens (tertiary/aromatic N) is 1. The van der Waals surface area contributed by atoms with Crippen molar-refractivity contribution in [1.29, 1.82) is 0 Å². The van der Waals surface area contributed by atoms with Gasteiger partial charge in [0.25, 0.3) is 0 Å². The normalized spacial score (nSPS) is 36.0. The molecular weight excluding hydrogens is 232 g/mol. The fraction of sp³-hybridized carbons (Fsp3) is 1.00. The highest BCUT2D eigenvalue weighted by Gasteiger charge is 2.34. The van der Waals surface area contributed by atoms with Gasteiger partial charge in [-0.15, -0.1) is 0 Å². The van der Waals surface area contributed by atoms with Gasteiger partial charge in [-0.3, -0.25) is 4.90 Å². The van der Waals surface area contributed by atoms with E-state index in [2.05, 4.69) is 10.2 Å². The van der Waals surface area contributed by atoms with Gasteiger partial charge in [0.2, 0.25) is 0 Å². The van der Waals surface area contributed by atoms with Gasteiger partial charge in [-0.25, -0.2) is 0 Å². The first kappa shape index (κ1) is 13.9. The van der Waals surface area contributed by atoms with E-state index in [9.17, 15) is 0 Å². The average molecular weight is 264 g/mol. The van der Waals surface area contributed by atoms with Crippen LogP contribution in [0.5, 0.6) is 0 Å². The van der Waals surface area contributed by atoms with Gasteiger partial charge in [0.1, 0.15) is 0 Å². The van der Waals surface area contributed by atoms with Crippen molar-refractivity contribution in [3.8, 4) is 0 Å². The van der Waals surface area contributed by atoms with E-state index in [1.165, 1.54) is 90.1 Å². The smallest absolute Gasteiger partial charge is 0.0252 e. The first-order valence-corrected chi connectivity index (χ1v) is 8.94. The molecule has 3 rings (SSSR count). The van der Waals surface area contributed by atoms with E-state index in [1.807, 2.05) is 0 Å². The van der Waals surface area contributed by atoms with E-state index in [4.69, 9.17) is 0 Å². The summed E-state index contributed by atoms with van der Waals surface area (Å²) >= 11 is 0. The zero-order valence-corrected chi connectivity index (χ0v) is 12.6. The first-order chi connectivity index (χ1) is 9.45. The maximum atomic E-state index is 3.78. The Labute approximate surface area is 119 Å². The predicted molar refractivity (Wildman–Crippen MR) is 81.5 cm³/mol. The summed E-state index contributed by atoms with van der Waals surface area (Å²) in [7, 11) is 0. The highest BCUT2D eigenvalue weighted by molar-refractivity contribution is 4.93. The maximum absolute atomic E-state index is 3.78. The van der Waals surface area contributed by atoms with E-state index < -0.39 is 0 Å². The molecule has 1 aliphatic carbocycles. The molecule has 0 bridgehead atoms. The topological polar surface area (TPSA) is 15.3 Å². The molecule has 19 heavy (non-hydrogen) atoms. The van der Waals surface area contributed by atoms with Crippen LogP contribution in [0, 0.1) is 0 Å². The third kappa shape index (κ3) is 3.52. The molecule has 0 aromatic carbocycles. The lowest BCUT2D eigenvalue weighted by atomic mass is 9.88. The summed E-state index contributed by atoms with van der Waals surface area (Å²) in [5, 5.41) is 3.78. The fourth-order valence-electron chi connectivity index (χ4n) is 4.67. The van der Waals surface area contributed by atoms with E-state index in [0.29, 0.717) is 0 Å². The molecule has 2 heteroatoms. The lowest BCUT2D eigenvalue weighted by molar-refractivity contribution is 0.0597. The Bertz CT molecular complexity index is 252. The van der Waals surface area contributed by atoms with Crippen molar-refractivity contribution < 1.29 is 0 Å². The molecule has 1 saturated carbocycles. The van der Waals surface area contributed by atoms with Crippen LogP contribution in [0.25, 0.3) is 0 Å². The molecule has 0 spiro atoms. The van der Waals surface area contributed by atoms with Crippen molar-refractivity contribution in [2.75, 3.05) is 13.1 Å². The molecule has 0 aromatic rings. The average Bonchev–Trinajstić information content (AvgIpc) is 2.92. The Morgan fingerprint density at radius 1 is 0.684 bits per heavy atom. The van der Waals surface area contributed by atoms with Crippen LogP contribution >= 0.6 is 0 Å². The number of nitrogens with one attached hydrogen (secondary N) is 1. The monoisotopic (exact) mass is 264 g/mol. The molecule has 2 saturated heterocycles. The molecule has 0 amide bonds. The van der Waals surface area contributed by atoms with Crippen LogP contribution in [0.2, 0.25) is 0 Å². The second kappa shape index (κ2) is 7.08. The van der Waals surface area contributed by atoms with Crippen LogP contribution in [0.4, 0.5) is 0 Å². The second-order valence-electron chi connectivity index (χ2n) is 7.00. The highest BCUT2D eigenvalue weighted by atomic mass is 15.2. The Kier molecular flexibility index (Phi) is 5.17. The van der Waals surface area contributed by atoms with Gasteiger partial charge in [0.05, 0.1) is 0 Å². The third-order valence-corrected chi connectivity index (χ3v) is 5.70. The number of rotatable bonds is 2. The minimum atomic E-state index is 0.811. The molecule has 0 aromatic heterocycles. The van der Waals surface area contributed by atoms with Gasteiger partial charge >= 0.3 is 0 Å². The minimum Gasteiger partial charge on any atom is -0.312 e. The molecule has 2 aliphatic heterocycles. The standard InChI is InChI=1S/C17H32N2/c1-2-4-9-15(10-5-3-1)19-14-7-6-12-17(19)16-11-8-13-18-16/h15-18H,1-14H2. The Balaban J connectivity index is 1.63. The van der Waals surface area contributed by atoms with Crippen LogP contribution in [0.15, 0.2) is 0 Å². The Morgan fingerprint density at radius 2 is 1.42 bits per heavy atom. The Hall–Kier alpha value is -0.0800. The number of piperidine rings is 1. The van der Waals surface area contributed by atoms with E-state index >= 15 is 0 Å². The summed E-state index contributed by atoms with van der Waals surface area (Å²) in [4.78, 5) is 2.94. The van der Waals surface area contributed by atoms with Gasteiger partial charge < -0.3 is 5.32 Å². The van der Waals surface area contributed by atoms with Crippen molar-refractivity contribution in [3.63, 3.8) is 0 Å². The molecule has 3 aliphatic rings. The van der Waals surface area contributed by atoms with Crippen molar-refractivity contribution in [1.82, 2.24) is 10.2 Å². The van der Waals surface area contributed by atoms with Crippen LogP contribution in [-0.4, -0.2) is 36.1 Å². The second-order valence-corrected chi connectivity index (χ2v) is 7.00. The molecule has 2 unspecified atom stereocenters. The quantitative estimate of drug-likeness (QED) is 0.818. The first-order valence-electron chi connectivity index (χ1n) is 8.94. The van der Waals surface area contributed by atoms with Gasteiger partial charge in [-0.05, 0) is 51.6 Å². The van der Waals surface area contributed by atoms with Crippen LogP contribution in [0.3, 0.4) is 0 Å². The minimum absolute atomic E-state index is 0.811. The molecule has 110 valence electrons. The summed E-state index contributed by atoms with van der Waals surface area (Å²) in [6, 6.07) is 2.58. The zero-order chi connectivity index (χ0) is 12.9. The van der Waals surface area contributed by atoms with E-state index in [1.54, 1.807) is 0 Å². The summed E-state index contributed by atoms with van der Waals surface area (Å²) in [6.07, 6.45) is 17.5. The summed E-state index contributed by atoms with van der Waals surface area (Å²) in [6.45, 7) is 2.65. The molecule has 0 radical (unpaired) electrons.